The summed E-state index contributed by atoms with van der Waals surface area (Å²) in [4.78, 5) is 6.55. The molecule has 5 nitrogen and oxygen atoms in total. The van der Waals surface area contributed by atoms with E-state index in [4.69, 9.17) is 4.74 Å². The predicted octanol–water partition coefficient (Wildman–Crippen LogP) is 5.92. The number of aromatic nitrogens is 1. The van der Waals surface area contributed by atoms with Crippen LogP contribution < -0.4 is 10.6 Å². The van der Waals surface area contributed by atoms with E-state index < -0.39 is 6.43 Å². The van der Waals surface area contributed by atoms with Crippen LogP contribution >= 0.6 is 0 Å². The monoisotopic (exact) mass is 462 g/mol. The largest absolute Gasteiger partial charge is 0.383 e. The van der Waals surface area contributed by atoms with Gasteiger partial charge in [0, 0.05) is 40.8 Å². The highest BCUT2D eigenvalue weighted by Crippen LogP contribution is 2.27. The number of ether oxygens (including phenoxy) is 1. The number of hydrogen-bond donors (Lipinski definition) is 2. The van der Waals surface area contributed by atoms with E-state index in [9.17, 15) is 8.78 Å². The van der Waals surface area contributed by atoms with E-state index >= 15 is 0 Å². The van der Waals surface area contributed by atoms with Crippen LogP contribution in [0.4, 0.5) is 14.6 Å². The molecular weight excluding hydrogens is 422 g/mol. The van der Waals surface area contributed by atoms with Gasteiger partial charge in [0.25, 0.3) is 6.43 Å². The van der Waals surface area contributed by atoms with E-state index in [1.807, 2.05) is 37.3 Å². The topological polar surface area (TPSA) is 49.4 Å². The van der Waals surface area contributed by atoms with Gasteiger partial charge in [-0.2, -0.15) is 0 Å². The molecular formula is C26H40F2N4O. The lowest BCUT2D eigenvalue weighted by atomic mass is 9.86. The summed E-state index contributed by atoms with van der Waals surface area (Å²) in [6, 6.07) is 6.58. The Morgan fingerprint density at radius 3 is 2.70 bits per heavy atom. The van der Waals surface area contributed by atoms with Crippen molar-refractivity contribution in [3.8, 4) is 0 Å². The third kappa shape index (κ3) is 7.51. The summed E-state index contributed by atoms with van der Waals surface area (Å²) in [7, 11) is 4.00. The van der Waals surface area contributed by atoms with E-state index in [0.29, 0.717) is 19.3 Å². The quantitative estimate of drug-likeness (QED) is 0.246. The van der Waals surface area contributed by atoms with Crippen molar-refractivity contribution in [1.82, 2.24) is 15.2 Å². The molecule has 7 heteroatoms. The summed E-state index contributed by atoms with van der Waals surface area (Å²) in [6.45, 7) is 6.90. The molecule has 0 atom stereocenters. The van der Waals surface area contributed by atoms with Crippen molar-refractivity contribution in [2.45, 2.75) is 45.1 Å². The highest BCUT2D eigenvalue weighted by Gasteiger charge is 2.21. The average Bonchev–Trinajstić information content (AvgIpc) is 2.79. The minimum absolute atomic E-state index is 0. The number of fused-ring (bicyclic) bond motifs is 1. The fraction of sp³-hybridized carbons (Fsp3) is 0.500. The number of benzene rings is 1. The minimum atomic E-state index is -2.28. The lowest BCUT2D eigenvalue weighted by Crippen LogP contribution is -2.36. The van der Waals surface area contributed by atoms with Crippen LogP contribution in [-0.4, -0.2) is 56.3 Å². The maximum atomic E-state index is 12.3. The molecule has 0 unspecified atom stereocenters. The molecule has 33 heavy (non-hydrogen) atoms. The normalized spacial score (nSPS) is 19.2. The number of nitrogens with one attached hydrogen (secondary N) is 2. The van der Waals surface area contributed by atoms with E-state index in [1.54, 1.807) is 0 Å². The Labute approximate surface area is 198 Å². The molecule has 1 aliphatic carbocycles. The SMILES string of the molecule is C=C/C(=C\N(C)C)c1cc(C)c2cnc(NCOCC3CCC(NCC(F)F)CC3)cc2c1.[HH].[HH]. The highest BCUT2D eigenvalue weighted by atomic mass is 19.3. The Bertz CT molecular complexity index is 964. The van der Waals surface area contributed by atoms with Crippen LogP contribution in [0.5, 0.6) is 0 Å². The van der Waals surface area contributed by atoms with Crippen LogP contribution in [0.3, 0.4) is 0 Å². The Balaban J connectivity index is 0.00000306. The van der Waals surface area contributed by atoms with Crippen LogP contribution in [0, 0.1) is 12.8 Å². The summed E-state index contributed by atoms with van der Waals surface area (Å²) in [5.74, 6) is 1.25. The fourth-order valence-electron chi connectivity index (χ4n) is 4.37. The first kappa shape index (κ1) is 25.1. The van der Waals surface area contributed by atoms with Crippen molar-refractivity contribution in [2.24, 2.45) is 5.92 Å². The van der Waals surface area contributed by atoms with Crippen LogP contribution in [-0.2, 0) is 4.74 Å². The molecule has 3 rings (SSSR count). The second-order valence-electron chi connectivity index (χ2n) is 9.04. The van der Waals surface area contributed by atoms with Gasteiger partial charge in [-0.25, -0.2) is 13.8 Å². The Morgan fingerprint density at radius 2 is 2.03 bits per heavy atom. The second kappa shape index (κ2) is 12.1. The van der Waals surface area contributed by atoms with Gasteiger partial charge in [0.15, 0.2) is 0 Å². The Kier molecular flexibility index (Phi) is 9.21. The molecule has 184 valence electrons. The van der Waals surface area contributed by atoms with Gasteiger partial charge in [-0.15, -0.1) is 0 Å². The number of aryl methyl sites for hydroxylation is 1. The van der Waals surface area contributed by atoms with E-state index in [2.05, 4.69) is 47.5 Å². The molecule has 1 aliphatic rings. The summed E-state index contributed by atoms with van der Waals surface area (Å²) in [5, 5.41) is 8.45. The summed E-state index contributed by atoms with van der Waals surface area (Å²) in [5.41, 5.74) is 3.36. The van der Waals surface area contributed by atoms with E-state index in [-0.39, 0.29) is 15.4 Å². The summed E-state index contributed by atoms with van der Waals surface area (Å²) < 4.78 is 30.5. The van der Waals surface area contributed by atoms with Crippen LogP contribution in [0.1, 0.15) is 39.7 Å². The molecule has 1 aromatic carbocycles. The highest BCUT2D eigenvalue weighted by molar-refractivity contribution is 5.91. The van der Waals surface area contributed by atoms with Crippen molar-refractivity contribution in [2.75, 3.05) is 39.3 Å². The molecule has 1 fully saturated rings. The van der Waals surface area contributed by atoms with Crippen molar-refractivity contribution < 1.29 is 16.4 Å². The zero-order valence-corrected chi connectivity index (χ0v) is 19.9. The Morgan fingerprint density at radius 1 is 1.27 bits per heavy atom. The summed E-state index contributed by atoms with van der Waals surface area (Å²) in [6.07, 6.45) is 7.41. The molecule has 1 saturated carbocycles. The van der Waals surface area contributed by atoms with Gasteiger partial charge in [-0.05, 0) is 72.7 Å². The van der Waals surface area contributed by atoms with E-state index in [0.717, 1.165) is 53.4 Å². The van der Waals surface area contributed by atoms with Crippen molar-refractivity contribution in [1.29, 1.82) is 0 Å². The zero-order valence-electron chi connectivity index (χ0n) is 19.9. The number of nitrogens with zero attached hydrogens (tertiary/aromatic N) is 2. The average molecular weight is 463 g/mol. The maximum Gasteiger partial charge on any atom is 0.250 e. The van der Waals surface area contributed by atoms with Gasteiger partial charge in [0.05, 0.1) is 13.2 Å². The summed E-state index contributed by atoms with van der Waals surface area (Å²) >= 11 is 0. The second-order valence-corrected chi connectivity index (χ2v) is 9.04. The first-order chi connectivity index (χ1) is 15.9. The first-order valence-electron chi connectivity index (χ1n) is 11.6. The van der Waals surface area contributed by atoms with Crippen molar-refractivity contribution >= 4 is 22.2 Å². The lowest BCUT2D eigenvalue weighted by Gasteiger charge is -2.29. The number of alkyl halides is 2. The molecule has 0 saturated heterocycles. The molecule has 2 aromatic rings. The van der Waals surface area contributed by atoms with Gasteiger partial charge >= 0.3 is 0 Å². The lowest BCUT2D eigenvalue weighted by molar-refractivity contribution is 0.0889. The molecule has 0 spiro atoms. The number of hydrogen-bond acceptors (Lipinski definition) is 5. The van der Waals surface area contributed by atoms with Crippen LogP contribution in [0.25, 0.3) is 16.3 Å². The minimum Gasteiger partial charge on any atom is -0.383 e. The third-order valence-electron chi connectivity index (χ3n) is 6.11. The van der Waals surface area contributed by atoms with Gasteiger partial charge in [-0.3, -0.25) is 0 Å². The number of rotatable bonds is 11. The van der Waals surface area contributed by atoms with Crippen LogP contribution in [0.2, 0.25) is 0 Å². The third-order valence-corrected chi connectivity index (χ3v) is 6.11. The standard InChI is InChI=1S/C26H36F2N4O.2H2/c1-5-20(15-32(3)4)21-10-18(2)24-13-30-26(12-22(24)11-21)31-17-33-16-19-6-8-23(9-7-19)29-14-25(27)28;;/h5,10-13,15,19,23,25,29H,1,6-9,14,16-17H2,2-4H3,(H,30,31);2*1H/b20-15+;;. The molecule has 0 amide bonds. The molecule has 1 heterocycles. The number of halogens is 2. The molecule has 2 N–H and O–H groups in total. The van der Waals surface area contributed by atoms with E-state index in [1.165, 1.54) is 5.56 Å². The number of allylic oxidation sites excluding steroid dienone is 2. The zero-order chi connectivity index (χ0) is 23.8. The van der Waals surface area contributed by atoms with Crippen LogP contribution in [0.15, 0.2) is 43.3 Å². The Hall–Kier alpha value is -2.51. The first-order valence-corrected chi connectivity index (χ1v) is 11.6. The smallest absolute Gasteiger partial charge is 0.250 e. The van der Waals surface area contributed by atoms with Crippen molar-refractivity contribution in [3.05, 3.63) is 54.4 Å². The number of pyridine rings is 1. The van der Waals surface area contributed by atoms with Gasteiger partial charge < -0.3 is 20.3 Å². The maximum absolute atomic E-state index is 12.3. The molecule has 1 aromatic heterocycles. The van der Waals surface area contributed by atoms with Gasteiger partial charge in [0.1, 0.15) is 12.5 Å². The fourth-order valence-corrected chi connectivity index (χ4v) is 4.37. The molecule has 0 bridgehead atoms. The molecule has 0 radical (unpaired) electrons. The van der Waals surface area contributed by atoms with Gasteiger partial charge in [-0.1, -0.05) is 18.7 Å². The predicted molar refractivity (Wildman–Crippen MR) is 137 cm³/mol. The van der Waals surface area contributed by atoms with Crippen molar-refractivity contribution in [3.63, 3.8) is 0 Å². The number of anilines is 1. The molecule has 0 aliphatic heterocycles. The van der Waals surface area contributed by atoms with Gasteiger partial charge in [0.2, 0.25) is 0 Å².